The predicted molar refractivity (Wildman–Crippen MR) is 140 cm³/mol. The number of carbonyl (C=O) groups excluding carboxylic acids is 1. The van der Waals surface area contributed by atoms with Crippen LogP contribution in [0.5, 0.6) is 0 Å². The Kier molecular flexibility index (Phi) is 6.47. The van der Waals surface area contributed by atoms with Gasteiger partial charge in [0.2, 0.25) is 0 Å². The van der Waals surface area contributed by atoms with E-state index in [9.17, 15) is 4.79 Å². The smallest absolute Gasteiger partial charge is 0.251 e. The van der Waals surface area contributed by atoms with Crippen LogP contribution in [-0.2, 0) is 4.74 Å². The third-order valence-corrected chi connectivity index (χ3v) is 6.39. The first-order chi connectivity index (χ1) is 17.5. The van der Waals surface area contributed by atoms with Crippen molar-refractivity contribution in [2.45, 2.75) is 25.3 Å². The summed E-state index contributed by atoms with van der Waals surface area (Å²) in [5.41, 5.74) is 4.17. The van der Waals surface area contributed by atoms with E-state index in [-0.39, 0.29) is 17.4 Å². The lowest BCUT2D eigenvalue weighted by Gasteiger charge is -2.39. The van der Waals surface area contributed by atoms with Crippen molar-refractivity contribution in [2.24, 2.45) is 0 Å². The quantitative estimate of drug-likeness (QED) is 0.346. The zero-order valence-corrected chi connectivity index (χ0v) is 20.6. The van der Waals surface area contributed by atoms with E-state index in [0.717, 1.165) is 39.4 Å². The third-order valence-electron chi connectivity index (χ3n) is 6.39. The van der Waals surface area contributed by atoms with Gasteiger partial charge in [0, 0.05) is 48.9 Å². The fourth-order valence-electron chi connectivity index (χ4n) is 4.32. The summed E-state index contributed by atoms with van der Waals surface area (Å²) in [6.45, 7) is 6.24. The van der Waals surface area contributed by atoms with Gasteiger partial charge < -0.3 is 20.7 Å². The number of hydrogen-bond acceptors (Lipinski definition) is 8. The Balaban J connectivity index is 1.29. The lowest BCUT2D eigenvalue weighted by atomic mass is 9.96. The van der Waals surface area contributed by atoms with Crippen LogP contribution in [0.15, 0.2) is 61.2 Å². The molecule has 3 aromatic heterocycles. The molecule has 1 saturated heterocycles. The van der Waals surface area contributed by atoms with Crippen molar-refractivity contribution >= 4 is 28.4 Å². The number of ether oxygens (including phenoxy) is 1. The molecule has 3 N–H and O–H groups in total. The zero-order valence-electron chi connectivity index (χ0n) is 20.6. The van der Waals surface area contributed by atoms with Crippen molar-refractivity contribution in [3.8, 4) is 11.3 Å². The van der Waals surface area contributed by atoms with Crippen LogP contribution in [-0.4, -0.2) is 58.2 Å². The maximum Gasteiger partial charge on any atom is 0.251 e. The average molecular weight is 484 g/mol. The largest absolute Gasteiger partial charge is 0.376 e. The maximum atomic E-state index is 12.3. The van der Waals surface area contributed by atoms with E-state index < -0.39 is 0 Å². The zero-order chi connectivity index (χ0) is 25.1. The van der Waals surface area contributed by atoms with Gasteiger partial charge >= 0.3 is 0 Å². The Morgan fingerprint density at radius 2 is 1.94 bits per heavy atom. The van der Waals surface area contributed by atoms with Crippen LogP contribution in [0.25, 0.3) is 22.2 Å². The number of rotatable bonds is 8. The molecule has 0 aliphatic carbocycles. The molecule has 1 aliphatic rings. The molecule has 36 heavy (non-hydrogen) atoms. The normalized spacial score (nSPS) is 15.1. The second-order valence-electron chi connectivity index (χ2n) is 9.36. The van der Waals surface area contributed by atoms with Crippen LogP contribution in [0.2, 0.25) is 0 Å². The van der Waals surface area contributed by atoms with Crippen LogP contribution < -0.4 is 16.0 Å². The second-order valence-corrected chi connectivity index (χ2v) is 9.36. The predicted octanol–water partition coefficient (Wildman–Crippen LogP) is 3.86. The molecule has 5 rings (SSSR count). The van der Waals surface area contributed by atoms with Crippen molar-refractivity contribution in [3.63, 3.8) is 0 Å². The molecular formula is C27H29N7O2. The maximum absolute atomic E-state index is 12.3. The van der Waals surface area contributed by atoms with Gasteiger partial charge in [0.1, 0.15) is 18.0 Å². The lowest BCUT2D eigenvalue weighted by Crippen LogP contribution is -2.53. The van der Waals surface area contributed by atoms with Gasteiger partial charge in [-0.2, -0.15) is 0 Å². The molecule has 1 aliphatic heterocycles. The molecule has 1 amide bonds. The van der Waals surface area contributed by atoms with E-state index in [0.29, 0.717) is 25.3 Å². The molecule has 0 saturated carbocycles. The van der Waals surface area contributed by atoms with E-state index in [4.69, 9.17) is 4.74 Å². The summed E-state index contributed by atoms with van der Waals surface area (Å²) in [5.74, 6) is 1.55. The average Bonchev–Trinajstić information content (AvgIpc) is 2.90. The summed E-state index contributed by atoms with van der Waals surface area (Å²) in [7, 11) is 1.63. The molecule has 184 valence electrons. The van der Waals surface area contributed by atoms with Crippen molar-refractivity contribution in [1.82, 2.24) is 25.3 Å². The minimum Gasteiger partial charge on any atom is -0.376 e. The topological polar surface area (TPSA) is 114 Å². The van der Waals surface area contributed by atoms with Gasteiger partial charge in [-0.1, -0.05) is 25.1 Å². The summed E-state index contributed by atoms with van der Waals surface area (Å²) in [5, 5.41) is 10.4. The van der Waals surface area contributed by atoms with Crippen molar-refractivity contribution in [3.05, 3.63) is 72.3 Å². The number of nitrogens with zero attached hydrogens (tertiary/aromatic N) is 4. The molecule has 1 aromatic carbocycles. The van der Waals surface area contributed by atoms with Crippen molar-refractivity contribution in [1.29, 1.82) is 0 Å². The molecular weight excluding hydrogens is 454 g/mol. The van der Waals surface area contributed by atoms with Gasteiger partial charge in [0.15, 0.2) is 0 Å². The van der Waals surface area contributed by atoms with Crippen LogP contribution in [0.3, 0.4) is 0 Å². The first kappa shape index (κ1) is 23.6. The summed E-state index contributed by atoms with van der Waals surface area (Å²) in [6.07, 6.45) is 5.05. The molecule has 1 fully saturated rings. The van der Waals surface area contributed by atoms with Gasteiger partial charge in [0.25, 0.3) is 5.91 Å². The Labute approximate surface area is 209 Å². The highest BCUT2D eigenvalue weighted by Crippen LogP contribution is 2.27. The molecule has 9 heteroatoms. The number of carbonyl (C=O) groups is 1. The van der Waals surface area contributed by atoms with Crippen molar-refractivity contribution < 1.29 is 9.53 Å². The standard InChI is InChI=1S/C27H29N7O2/c1-17(19-5-4-6-20-21(26(35)28-3)9-10-29-25(19)20)12-30-24-11-22(32-16-33-24)18-7-8-23(31-13-18)34-27(2)14-36-15-27/h4-11,13,16-17H,12,14-15H2,1-3H3,(H,28,35)(H,31,34)(H,30,32,33). The summed E-state index contributed by atoms with van der Waals surface area (Å²) in [4.78, 5) is 30.2. The Morgan fingerprint density at radius 1 is 1.08 bits per heavy atom. The molecule has 1 unspecified atom stereocenters. The summed E-state index contributed by atoms with van der Waals surface area (Å²) < 4.78 is 5.29. The summed E-state index contributed by atoms with van der Waals surface area (Å²) in [6, 6.07) is 13.6. The van der Waals surface area contributed by atoms with Gasteiger partial charge in [-0.05, 0) is 30.7 Å². The number of nitrogens with one attached hydrogen (secondary N) is 3. The van der Waals surface area contributed by atoms with E-state index in [1.165, 1.54) is 0 Å². The molecule has 0 bridgehead atoms. The Hall–Kier alpha value is -4.11. The molecule has 4 heterocycles. The van der Waals surface area contributed by atoms with Crippen molar-refractivity contribution in [2.75, 3.05) is 37.4 Å². The fraction of sp³-hybridized carbons (Fsp3) is 0.296. The minimum absolute atomic E-state index is 0.0548. The van der Waals surface area contributed by atoms with Crippen LogP contribution >= 0.6 is 0 Å². The van der Waals surface area contributed by atoms with Gasteiger partial charge in [0.05, 0.1) is 35.5 Å². The first-order valence-electron chi connectivity index (χ1n) is 11.9. The van der Waals surface area contributed by atoms with Crippen LogP contribution in [0.4, 0.5) is 11.6 Å². The number of para-hydroxylation sites is 1. The Bertz CT molecular complexity index is 1390. The third kappa shape index (κ3) is 4.83. The number of aromatic nitrogens is 4. The molecule has 9 nitrogen and oxygen atoms in total. The second kappa shape index (κ2) is 9.87. The lowest BCUT2D eigenvalue weighted by molar-refractivity contribution is -0.0320. The highest BCUT2D eigenvalue weighted by Gasteiger charge is 2.33. The molecule has 1 atom stereocenters. The number of amides is 1. The number of pyridine rings is 2. The van der Waals surface area contributed by atoms with Crippen LogP contribution in [0.1, 0.15) is 35.7 Å². The Morgan fingerprint density at radius 3 is 2.67 bits per heavy atom. The van der Waals surface area contributed by atoms with E-state index in [1.807, 2.05) is 36.5 Å². The number of anilines is 2. The van der Waals surface area contributed by atoms with E-state index in [2.05, 4.69) is 55.8 Å². The monoisotopic (exact) mass is 483 g/mol. The van der Waals surface area contributed by atoms with Gasteiger partial charge in [-0.3, -0.25) is 9.78 Å². The number of fused-ring (bicyclic) bond motifs is 1. The van der Waals surface area contributed by atoms with Gasteiger partial charge in [-0.15, -0.1) is 0 Å². The number of benzene rings is 1. The SMILES string of the molecule is CNC(=O)c1ccnc2c(C(C)CNc3cc(-c4ccc(NC5(C)COC5)nc4)ncn3)cccc12. The summed E-state index contributed by atoms with van der Waals surface area (Å²) >= 11 is 0. The van der Waals surface area contributed by atoms with E-state index in [1.54, 1.807) is 25.6 Å². The first-order valence-corrected chi connectivity index (χ1v) is 11.9. The van der Waals surface area contributed by atoms with E-state index >= 15 is 0 Å². The number of hydrogen-bond donors (Lipinski definition) is 3. The molecule has 0 spiro atoms. The minimum atomic E-state index is -0.122. The fourth-order valence-corrected chi connectivity index (χ4v) is 4.32. The highest BCUT2D eigenvalue weighted by molar-refractivity contribution is 6.06. The molecule has 0 radical (unpaired) electrons. The van der Waals surface area contributed by atoms with Gasteiger partial charge in [-0.25, -0.2) is 15.0 Å². The molecule has 4 aromatic rings. The van der Waals surface area contributed by atoms with Crippen LogP contribution in [0, 0.1) is 0 Å². The highest BCUT2D eigenvalue weighted by atomic mass is 16.5.